The Kier molecular flexibility index (Phi) is 5.22. The maximum absolute atomic E-state index is 12.7. The Bertz CT molecular complexity index is 1160. The van der Waals surface area contributed by atoms with Gasteiger partial charge in [0.2, 0.25) is 0 Å². The Morgan fingerprint density at radius 3 is 2.64 bits per heavy atom. The number of rotatable bonds is 4. The zero-order valence-corrected chi connectivity index (χ0v) is 17.0. The number of para-hydroxylation sites is 1. The van der Waals surface area contributed by atoms with E-state index in [1.54, 1.807) is 47.7 Å². The fraction of sp³-hybridized carbons (Fsp3) is 0.0476. The summed E-state index contributed by atoms with van der Waals surface area (Å²) in [4.78, 5) is 17.4. The number of anilines is 1. The SMILES string of the molecule is COc1ccc(C(=O)Nc2ccc(Cl)cc2-c2nc3ccccc3s2)cc1Cl. The van der Waals surface area contributed by atoms with Gasteiger partial charge in [-0.3, -0.25) is 4.79 Å². The number of hydrogen-bond donors (Lipinski definition) is 1. The molecular formula is C21H14Cl2N2O2S. The van der Waals surface area contributed by atoms with Crippen molar-refractivity contribution in [3.8, 4) is 16.3 Å². The second-order valence-corrected chi connectivity index (χ2v) is 7.85. The summed E-state index contributed by atoms with van der Waals surface area (Å²) in [6, 6.07) is 18.1. The van der Waals surface area contributed by atoms with Crippen molar-refractivity contribution in [3.63, 3.8) is 0 Å². The van der Waals surface area contributed by atoms with Crippen LogP contribution in [0.4, 0.5) is 5.69 Å². The van der Waals surface area contributed by atoms with Crippen molar-refractivity contribution in [3.05, 3.63) is 76.3 Å². The minimum Gasteiger partial charge on any atom is -0.495 e. The van der Waals surface area contributed by atoms with Crippen LogP contribution in [0.5, 0.6) is 5.75 Å². The van der Waals surface area contributed by atoms with Crippen molar-refractivity contribution in [2.75, 3.05) is 12.4 Å². The molecule has 4 rings (SSSR count). The van der Waals surface area contributed by atoms with E-state index >= 15 is 0 Å². The molecule has 0 aliphatic heterocycles. The fourth-order valence-corrected chi connectivity index (χ4v) is 4.22. The molecule has 1 amide bonds. The van der Waals surface area contributed by atoms with Crippen LogP contribution in [-0.4, -0.2) is 18.0 Å². The number of nitrogens with one attached hydrogen (secondary N) is 1. The molecule has 0 aliphatic carbocycles. The summed E-state index contributed by atoms with van der Waals surface area (Å²) in [5.41, 5.74) is 2.72. The minimum absolute atomic E-state index is 0.283. The van der Waals surface area contributed by atoms with Gasteiger partial charge < -0.3 is 10.1 Å². The van der Waals surface area contributed by atoms with Crippen LogP contribution in [0.3, 0.4) is 0 Å². The minimum atomic E-state index is -0.283. The molecule has 0 radical (unpaired) electrons. The van der Waals surface area contributed by atoms with Crippen LogP contribution in [0.15, 0.2) is 60.7 Å². The van der Waals surface area contributed by atoms with Crippen LogP contribution in [0, 0.1) is 0 Å². The van der Waals surface area contributed by atoms with E-state index in [1.807, 2.05) is 24.3 Å². The highest BCUT2D eigenvalue weighted by molar-refractivity contribution is 7.21. The average molecular weight is 429 g/mol. The quantitative estimate of drug-likeness (QED) is 0.401. The van der Waals surface area contributed by atoms with Crippen LogP contribution in [0.25, 0.3) is 20.8 Å². The highest BCUT2D eigenvalue weighted by Crippen LogP contribution is 2.36. The monoisotopic (exact) mass is 428 g/mol. The smallest absolute Gasteiger partial charge is 0.255 e. The molecule has 1 aromatic heterocycles. The Morgan fingerprint density at radius 1 is 1.07 bits per heavy atom. The van der Waals surface area contributed by atoms with Crippen LogP contribution < -0.4 is 10.1 Å². The van der Waals surface area contributed by atoms with Gasteiger partial charge in [0.1, 0.15) is 10.8 Å². The number of methoxy groups -OCH3 is 1. The highest BCUT2D eigenvalue weighted by Gasteiger charge is 2.15. The molecule has 28 heavy (non-hydrogen) atoms. The Labute approximate surface area is 175 Å². The van der Waals surface area contributed by atoms with E-state index in [4.69, 9.17) is 27.9 Å². The van der Waals surface area contributed by atoms with Gasteiger partial charge in [0, 0.05) is 16.1 Å². The zero-order valence-electron chi connectivity index (χ0n) is 14.7. The van der Waals surface area contributed by atoms with Gasteiger partial charge in [-0.15, -0.1) is 11.3 Å². The molecule has 140 valence electrons. The van der Waals surface area contributed by atoms with Crippen molar-refractivity contribution >= 4 is 56.3 Å². The number of halogens is 2. The summed E-state index contributed by atoms with van der Waals surface area (Å²) < 4.78 is 6.20. The number of ether oxygens (including phenoxy) is 1. The number of aromatic nitrogens is 1. The lowest BCUT2D eigenvalue weighted by Crippen LogP contribution is -2.12. The maximum atomic E-state index is 12.7. The van der Waals surface area contributed by atoms with E-state index in [1.165, 1.54) is 7.11 Å². The first kappa shape index (κ1) is 18.7. The lowest BCUT2D eigenvalue weighted by molar-refractivity contribution is 0.102. The molecule has 0 bridgehead atoms. The van der Waals surface area contributed by atoms with E-state index in [0.29, 0.717) is 27.0 Å². The molecule has 0 spiro atoms. The van der Waals surface area contributed by atoms with Crippen molar-refractivity contribution in [2.45, 2.75) is 0 Å². The van der Waals surface area contributed by atoms with E-state index in [2.05, 4.69) is 10.3 Å². The summed E-state index contributed by atoms with van der Waals surface area (Å²) in [5.74, 6) is 0.231. The first-order chi connectivity index (χ1) is 13.5. The van der Waals surface area contributed by atoms with Crippen LogP contribution >= 0.6 is 34.5 Å². The van der Waals surface area contributed by atoms with E-state index in [0.717, 1.165) is 20.8 Å². The van der Waals surface area contributed by atoms with Crippen molar-refractivity contribution in [2.24, 2.45) is 0 Å². The highest BCUT2D eigenvalue weighted by atomic mass is 35.5. The molecule has 0 saturated heterocycles. The molecule has 0 aliphatic rings. The topological polar surface area (TPSA) is 51.2 Å². The number of amides is 1. The third-order valence-corrected chi connectivity index (χ3v) is 5.77. The standard InChI is InChI=1S/C21H14Cl2N2O2S/c1-27-18-9-6-12(10-15(18)23)20(26)24-16-8-7-13(22)11-14(16)21-25-17-4-2-3-5-19(17)28-21/h2-11H,1H3,(H,24,26). The fourth-order valence-electron chi connectivity index (χ4n) is 2.79. The number of benzene rings is 3. The van der Waals surface area contributed by atoms with Crippen LogP contribution in [-0.2, 0) is 0 Å². The number of thiazole rings is 1. The molecule has 0 unspecified atom stereocenters. The van der Waals surface area contributed by atoms with Gasteiger partial charge in [0.25, 0.3) is 5.91 Å². The molecule has 4 aromatic rings. The molecule has 3 aromatic carbocycles. The third kappa shape index (κ3) is 3.69. The maximum Gasteiger partial charge on any atom is 0.255 e. The Hall–Kier alpha value is -2.60. The van der Waals surface area contributed by atoms with Crippen LogP contribution in [0.2, 0.25) is 10.0 Å². The summed E-state index contributed by atoms with van der Waals surface area (Å²) in [5, 5.41) is 4.66. The second-order valence-electron chi connectivity index (χ2n) is 5.98. The first-order valence-corrected chi connectivity index (χ1v) is 9.93. The lowest BCUT2D eigenvalue weighted by atomic mass is 10.1. The second kappa shape index (κ2) is 7.80. The zero-order chi connectivity index (χ0) is 19.7. The predicted molar refractivity (Wildman–Crippen MR) is 116 cm³/mol. The first-order valence-electron chi connectivity index (χ1n) is 8.35. The summed E-state index contributed by atoms with van der Waals surface area (Å²) >= 11 is 13.9. The van der Waals surface area contributed by atoms with Crippen LogP contribution in [0.1, 0.15) is 10.4 Å². The molecule has 0 saturated carbocycles. The van der Waals surface area contributed by atoms with Gasteiger partial charge in [-0.05, 0) is 48.5 Å². The molecule has 7 heteroatoms. The van der Waals surface area contributed by atoms with E-state index < -0.39 is 0 Å². The summed E-state index contributed by atoms with van der Waals surface area (Å²) in [6.07, 6.45) is 0. The number of fused-ring (bicyclic) bond motifs is 1. The predicted octanol–water partition coefficient (Wildman–Crippen LogP) is 6.53. The Morgan fingerprint density at radius 2 is 1.89 bits per heavy atom. The average Bonchev–Trinajstić information content (AvgIpc) is 3.13. The van der Waals surface area contributed by atoms with Crippen molar-refractivity contribution < 1.29 is 9.53 Å². The van der Waals surface area contributed by atoms with Gasteiger partial charge in [-0.25, -0.2) is 4.98 Å². The largest absolute Gasteiger partial charge is 0.495 e. The third-order valence-electron chi connectivity index (χ3n) is 4.17. The van der Waals surface area contributed by atoms with E-state index in [9.17, 15) is 4.79 Å². The molecule has 0 fully saturated rings. The molecule has 1 N–H and O–H groups in total. The summed E-state index contributed by atoms with van der Waals surface area (Å²) in [7, 11) is 1.53. The molecule has 0 atom stereocenters. The van der Waals surface area contributed by atoms with Gasteiger partial charge in [-0.1, -0.05) is 35.3 Å². The molecule has 4 nitrogen and oxygen atoms in total. The Balaban J connectivity index is 1.70. The van der Waals surface area contributed by atoms with Gasteiger partial charge >= 0.3 is 0 Å². The number of carbonyl (C=O) groups is 1. The molecular weight excluding hydrogens is 415 g/mol. The van der Waals surface area contributed by atoms with E-state index in [-0.39, 0.29) is 5.91 Å². The summed E-state index contributed by atoms with van der Waals surface area (Å²) in [6.45, 7) is 0. The number of nitrogens with zero attached hydrogens (tertiary/aromatic N) is 1. The number of hydrogen-bond acceptors (Lipinski definition) is 4. The van der Waals surface area contributed by atoms with Gasteiger partial charge in [0.05, 0.1) is 28.0 Å². The van der Waals surface area contributed by atoms with Crippen molar-refractivity contribution in [1.29, 1.82) is 0 Å². The lowest BCUT2D eigenvalue weighted by Gasteiger charge is -2.11. The molecule has 1 heterocycles. The van der Waals surface area contributed by atoms with Gasteiger partial charge in [-0.2, -0.15) is 0 Å². The van der Waals surface area contributed by atoms with Crippen molar-refractivity contribution in [1.82, 2.24) is 4.98 Å². The number of carbonyl (C=O) groups excluding carboxylic acids is 1. The van der Waals surface area contributed by atoms with Gasteiger partial charge in [0.15, 0.2) is 0 Å². The normalized spacial score (nSPS) is 10.8.